The van der Waals surface area contributed by atoms with Gasteiger partial charge in [-0.2, -0.15) is 0 Å². The van der Waals surface area contributed by atoms with E-state index in [0.29, 0.717) is 6.61 Å². The summed E-state index contributed by atoms with van der Waals surface area (Å²) in [5.74, 6) is 1.73. The Morgan fingerprint density at radius 1 is 1.13 bits per heavy atom. The number of amides is 1. The first-order chi connectivity index (χ1) is 15.2. The van der Waals surface area contributed by atoms with Crippen molar-refractivity contribution in [1.82, 2.24) is 14.9 Å². The molecule has 0 saturated heterocycles. The van der Waals surface area contributed by atoms with Crippen molar-refractivity contribution >= 4 is 16.9 Å². The molecule has 6 nitrogen and oxygen atoms in total. The number of hydrogen-bond acceptors (Lipinski definition) is 4. The highest BCUT2D eigenvalue weighted by molar-refractivity contribution is 5.91. The van der Waals surface area contributed by atoms with Crippen molar-refractivity contribution < 1.29 is 13.9 Å². The van der Waals surface area contributed by atoms with Crippen molar-refractivity contribution in [3.05, 3.63) is 84.1 Å². The molecule has 0 fully saturated rings. The number of nitrogens with zero attached hydrogens (tertiary/aromatic N) is 2. The van der Waals surface area contributed by atoms with Crippen LogP contribution in [0.3, 0.4) is 0 Å². The maximum atomic E-state index is 12.4. The van der Waals surface area contributed by atoms with Gasteiger partial charge in [0.2, 0.25) is 0 Å². The number of carbonyl (C=O) groups is 1. The molecule has 4 rings (SSSR count). The summed E-state index contributed by atoms with van der Waals surface area (Å²) in [5, 5.41) is 2.98. The van der Waals surface area contributed by atoms with E-state index in [4.69, 9.17) is 14.1 Å². The van der Waals surface area contributed by atoms with Gasteiger partial charge in [-0.1, -0.05) is 31.2 Å². The van der Waals surface area contributed by atoms with E-state index in [1.54, 1.807) is 12.1 Å². The quantitative estimate of drug-likeness (QED) is 0.382. The van der Waals surface area contributed by atoms with Gasteiger partial charge in [-0.15, -0.1) is 0 Å². The number of fused-ring (bicyclic) bond motifs is 1. The summed E-state index contributed by atoms with van der Waals surface area (Å²) in [6, 6.07) is 19.3. The number of carbonyl (C=O) groups excluding carboxylic acids is 1. The number of ether oxygens (including phenoxy) is 1. The Bertz CT molecular complexity index is 1130. The summed E-state index contributed by atoms with van der Waals surface area (Å²) in [6.45, 7) is 5.42. The monoisotopic (exact) mass is 417 g/mol. The third-order valence-corrected chi connectivity index (χ3v) is 5.29. The zero-order chi connectivity index (χ0) is 21.6. The summed E-state index contributed by atoms with van der Waals surface area (Å²) >= 11 is 0. The molecule has 0 saturated carbocycles. The molecular weight excluding hydrogens is 390 g/mol. The third kappa shape index (κ3) is 4.79. The fraction of sp³-hybridized carbons (Fsp3) is 0.280. The van der Waals surface area contributed by atoms with Gasteiger partial charge in [0.15, 0.2) is 5.76 Å². The summed E-state index contributed by atoms with van der Waals surface area (Å²) in [6.07, 6.45) is 3.33. The second-order valence-electron chi connectivity index (χ2n) is 7.48. The molecule has 160 valence electrons. The number of aryl methyl sites for hydroxylation is 2. The highest BCUT2D eigenvalue weighted by Gasteiger charge is 2.20. The molecule has 6 heteroatoms. The van der Waals surface area contributed by atoms with Crippen LogP contribution in [0.2, 0.25) is 0 Å². The summed E-state index contributed by atoms with van der Waals surface area (Å²) < 4.78 is 13.3. The molecule has 1 atom stereocenters. The normalized spacial score (nSPS) is 12.1. The standard InChI is InChI=1S/C25H27N3O3/c1-3-19-11-13-20(14-12-19)30-17-7-15-28-22-9-5-4-8-21(22)27-24(28)18(2)26-25(29)23-10-6-16-31-23/h4-6,8-14,16,18H,3,7,15,17H2,1-2H3,(H,26,29)/t18-/m1/s1. The van der Waals surface area contributed by atoms with Gasteiger partial charge in [-0.3, -0.25) is 4.79 Å². The molecule has 0 unspecified atom stereocenters. The average Bonchev–Trinajstić information content (AvgIpc) is 3.46. The van der Waals surface area contributed by atoms with Crippen LogP contribution in [-0.2, 0) is 13.0 Å². The van der Waals surface area contributed by atoms with Crippen LogP contribution in [0.5, 0.6) is 5.75 Å². The van der Waals surface area contributed by atoms with Gasteiger partial charge in [0.25, 0.3) is 5.91 Å². The molecule has 0 spiro atoms. The topological polar surface area (TPSA) is 69.3 Å². The maximum Gasteiger partial charge on any atom is 0.287 e. The Morgan fingerprint density at radius 3 is 2.68 bits per heavy atom. The van der Waals surface area contributed by atoms with E-state index in [2.05, 4.69) is 35.0 Å². The zero-order valence-electron chi connectivity index (χ0n) is 17.9. The first-order valence-electron chi connectivity index (χ1n) is 10.7. The predicted octanol–water partition coefficient (Wildman–Crippen LogP) is 5.15. The number of nitrogens with one attached hydrogen (secondary N) is 1. The first kappa shape index (κ1) is 20.7. The lowest BCUT2D eigenvalue weighted by Crippen LogP contribution is -2.28. The average molecular weight is 418 g/mol. The van der Waals surface area contributed by atoms with Crippen LogP contribution in [0.1, 0.15) is 48.3 Å². The maximum absolute atomic E-state index is 12.4. The van der Waals surface area contributed by atoms with Gasteiger partial charge in [0.1, 0.15) is 11.6 Å². The van der Waals surface area contributed by atoms with Crippen molar-refractivity contribution in [2.75, 3.05) is 6.61 Å². The van der Waals surface area contributed by atoms with Crippen molar-refractivity contribution in [2.45, 2.75) is 39.3 Å². The van der Waals surface area contributed by atoms with Crippen LogP contribution in [0, 0.1) is 0 Å². The van der Waals surface area contributed by atoms with Crippen LogP contribution in [-0.4, -0.2) is 22.1 Å². The predicted molar refractivity (Wildman–Crippen MR) is 120 cm³/mol. The van der Waals surface area contributed by atoms with Crippen molar-refractivity contribution in [2.24, 2.45) is 0 Å². The molecule has 1 amide bonds. The number of hydrogen-bond donors (Lipinski definition) is 1. The summed E-state index contributed by atoms with van der Waals surface area (Å²) in [5.41, 5.74) is 3.25. The van der Waals surface area contributed by atoms with E-state index in [-0.39, 0.29) is 17.7 Å². The minimum Gasteiger partial charge on any atom is -0.494 e. The van der Waals surface area contributed by atoms with Gasteiger partial charge < -0.3 is 19.0 Å². The Balaban J connectivity index is 1.45. The molecule has 2 aromatic carbocycles. The van der Waals surface area contributed by atoms with E-state index in [1.165, 1.54) is 11.8 Å². The molecule has 0 radical (unpaired) electrons. The number of imidazole rings is 1. The molecule has 31 heavy (non-hydrogen) atoms. The fourth-order valence-electron chi connectivity index (χ4n) is 3.63. The Morgan fingerprint density at radius 2 is 1.94 bits per heavy atom. The number of rotatable bonds is 9. The Hall–Kier alpha value is -3.54. The van der Waals surface area contributed by atoms with Gasteiger partial charge in [-0.05, 0) is 61.7 Å². The van der Waals surface area contributed by atoms with E-state index in [9.17, 15) is 4.79 Å². The zero-order valence-corrected chi connectivity index (χ0v) is 17.9. The molecule has 0 bridgehead atoms. The molecule has 2 heterocycles. The van der Waals surface area contributed by atoms with Gasteiger partial charge >= 0.3 is 0 Å². The highest BCUT2D eigenvalue weighted by Crippen LogP contribution is 2.22. The van der Waals surface area contributed by atoms with Crippen LogP contribution in [0.25, 0.3) is 11.0 Å². The van der Waals surface area contributed by atoms with E-state index >= 15 is 0 Å². The smallest absolute Gasteiger partial charge is 0.287 e. The summed E-state index contributed by atoms with van der Waals surface area (Å²) in [7, 11) is 0. The summed E-state index contributed by atoms with van der Waals surface area (Å²) in [4.78, 5) is 17.2. The molecule has 0 aliphatic carbocycles. The molecule has 0 aliphatic rings. The van der Waals surface area contributed by atoms with Crippen LogP contribution in [0.15, 0.2) is 71.3 Å². The lowest BCUT2D eigenvalue weighted by atomic mass is 10.2. The molecule has 2 aromatic heterocycles. The first-order valence-corrected chi connectivity index (χ1v) is 10.7. The second-order valence-corrected chi connectivity index (χ2v) is 7.48. The van der Waals surface area contributed by atoms with E-state index < -0.39 is 0 Å². The van der Waals surface area contributed by atoms with Crippen molar-refractivity contribution in [3.63, 3.8) is 0 Å². The molecule has 1 N–H and O–H groups in total. The van der Waals surface area contributed by atoms with Crippen molar-refractivity contribution in [1.29, 1.82) is 0 Å². The van der Waals surface area contributed by atoms with Crippen molar-refractivity contribution in [3.8, 4) is 5.75 Å². The molecule has 4 aromatic rings. The number of aromatic nitrogens is 2. The highest BCUT2D eigenvalue weighted by atomic mass is 16.5. The van der Waals surface area contributed by atoms with Gasteiger partial charge in [-0.25, -0.2) is 4.98 Å². The molecule has 0 aliphatic heterocycles. The van der Waals surface area contributed by atoms with Gasteiger partial charge in [0.05, 0.1) is 29.9 Å². The SMILES string of the molecule is CCc1ccc(OCCCn2c([C@@H](C)NC(=O)c3ccco3)nc3ccccc32)cc1. The van der Waals surface area contributed by atoms with E-state index in [0.717, 1.165) is 42.0 Å². The largest absolute Gasteiger partial charge is 0.494 e. The van der Waals surface area contributed by atoms with Crippen LogP contribution >= 0.6 is 0 Å². The Kier molecular flexibility index (Phi) is 6.36. The lowest BCUT2D eigenvalue weighted by Gasteiger charge is -2.16. The van der Waals surface area contributed by atoms with Gasteiger partial charge in [0, 0.05) is 6.54 Å². The third-order valence-electron chi connectivity index (χ3n) is 5.29. The fourth-order valence-corrected chi connectivity index (χ4v) is 3.63. The minimum absolute atomic E-state index is 0.255. The number of para-hydroxylation sites is 2. The lowest BCUT2D eigenvalue weighted by molar-refractivity contribution is 0.0909. The van der Waals surface area contributed by atoms with Crippen LogP contribution < -0.4 is 10.1 Å². The van der Waals surface area contributed by atoms with Crippen LogP contribution in [0.4, 0.5) is 0 Å². The van der Waals surface area contributed by atoms with E-state index in [1.807, 2.05) is 37.3 Å². The number of furan rings is 1. The second kappa shape index (κ2) is 9.51. The Labute approximate surface area is 181 Å². The molecular formula is C25H27N3O3. The minimum atomic E-state index is -0.271. The number of benzene rings is 2.